The van der Waals surface area contributed by atoms with Crippen LogP contribution in [-0.4, -0.2) is 32.9 Å². The minimum absolute atomic E-state index is 0.270. The lowest BCUT2D eigenvalue weighted by molar-refractivity contribution is -0.890. The second kappa shape index (κ2) is 9.04. The summed E-state index contributed by atoms with van der Waals surface area (Å²) in [6, 6.07) is 14.2. The maximum absolute atomic E-state index is 6.15. The summed E-state index contributed by atoms with van der Waals surface area (Å²) in [7, 11) is 5.94. The highest BCUT2D eigenvalue weighted by molar-refractivity contribution is 7.80. The van der Waals surface area contributed by atoms with Crippen molar-refractivity contribution in [2.24, 2.45) is 0 Å². The van der Waals surface area contributed by atoms with Crippen molar-refractivity contribution in [3.8, 4) is 5.75 Å². The molecule has 25 heavy (non-hydrogen) atoms. The predicted octanol–water partition coefficient (Wildman–Crippen LogP) is 2.83. The molecule has 0 saturated carbocycles. The number of hydrogen-bond acceptors (Lipinski definition) is 2. The molecular weight excluding hydrogens is 354 g/mol. The normalized spacial score (nSPS) is 11.9. The van der Waals surface area contributed by atoms with E-state index >= 15 is 0 Å². The van der Waals surface area contributed by atoms with Crippen LogP contribution in [0.2, 0.25) is 5.02 Å². The summed E-state index contributed by atoms with van der Waals surface area (Å²) < 4.78 is 5.23. The first-order chi connectivity index (χ1) is 11.9. The molecule has 0 heterocycles. The van der Waals surface area contributed by atoms with E-state index in [2.05, 4.69) is 36.9 Å². The maximum Gasteiger partial charge on any atom is 0.171 e. The molecule has 0 aromatic heterocycles. The highest BCUT2D eigenvalue weighted by Gasteiger charge is 2.18. The van der Waals surface area contributed by atoms with E-state index in [4.69, 9.17) is 28.6 Å². The Kier molecular flexibility index (Phi) is 7.05. The Bertz CT molecular complexity index is 719. The van der Waals surface area contributed by atoms with Crippen LogP contribution in [0.3, 0.4) is 0 Å². The summed E-state index contributed by atoms with van der Waals surface area (Å²) in [5, 5.41) is 7.84. The number of hydrogen-bond donors (Lipinski definition) is 3. The molecule has 0 unspecified atom stereocenters. The molecule has 0 saturated heterocycles. The van der Waals surface area contributed by atoms with E-state index in [1.807, 2.05) is 37.3 Å². The van der Waals surface area contributed by atoms with Gasteiger partial charge in [0.15, 0.2) is 5.11 Å². The van der Waals surface area contributed by atoms with E-state index in [9.17, 15) is 0 Å². The predicted molar refractivity (Wildman–Crippen MR) is 109 cm³/mol. The van der Waals surface area contributed by atoms with Gasteiger partial charge in [0.2, 0.25) is 0 Å². The van der Waals surface area contributed by atoms with E-state index in [0.29, 0.717) is 5.11 Å². The molecule has 2 aromatic carbocycles. The largest absolute Gasteiger partial charge is 0.497 e. The van der Waals surface area contributed by atoms with Crippen LogP contribution in [0.4, 0.5) is 5.69 Å². The second-order valence-electron chi connectivity index (χ2n) is 6.15. The van der Waals surface area contributed by atoms with Crippen molar-refractivity contribution in [1.82, 2.24) is 5.32 Å². The molecule has 0 radical (unpaired) electrons. The van der Waals surface area contributed by atoms with Crippen molar-refractivity contribution < 1.29 is 9.64 Å². The van der Waals surface area contributed by atoms with Gasteiger partial charge in [0.1, 0.15) is 11.8 Å². The number of likely N-dealkylation sites (N-methyl/N-ethyl adjacent to an activating group) is 1. The van der Waals surface area contributed by atoms with E-state index < -0.39 is 0 Å². The molecule has 0 amide bonds. The Morgan fingerprint density at radius 2 is 1.88 bits per heavy atom. The second-order valence-corrected chi connectivity index (χ2v) is 6.97. The molecule has 134 valence electrons. The number of quaternary nitrogens is 1. The van der Waals surface area contributed by atoms with Crippen molar-refractivity contribution >= 4 is 34.6 Å². The highest BCUT2D eigenvalue weighted by Crippen LogP contribution is 2.22. The molecule has 0 spiro atoms. The fraction of sp³-hybridized carbons (Fsp3) is 0.316. The van der Waals surface area contributed by atoms with Gasteiger partial charge in [0.05, 0.1) is 27.7 Å². The molecule has 0 aliphatic carbocycles. The number of rotatable bonds is 6. The third kappa shape index (κ3) is 5.33. The monoisotopic (exact) mass is 378 g/mol. The Morgan fingerprint density at radius 3 is 2.48 bits per heavy atom. The molecular formula is C19H25ClN3OS+. The van der Waals surface area contributed by atoms with Gasteiger partial charge in [0, 0.05) is 16.3 Å². The Morgan fingerprint density at radius 1 is 1.20 bits per heavy atom. The number of anilines is 1. The van der Waals surface area contributed by atoms with Gasteiger partial charge < -0.3 is 20.3 Å². The molecule has 3 N–H and O–H groups in total. The molecule has 0 bridgehead atoms. The minimum atomic E-state index is 0.270. The summed E-state index contributed by atoms with van der Waals surface area (Å²) >= 11 is 11.6. The van der Waals surface area contributed by atoms with Crippen LogP contribution in [0.25, 0.3) is 0 Å². The Balaban J connectivity index is 2.00. The average molecular weight is 379 g/mol. The van der Waals surface area contributed by atoms with Crippen molar-refractivity contribution in [2.45, 2.75) is 13.0 Å². The van der Waals surface area contributed by atoms with Crippen LogP contribution in [-0.2, 0) is 0 Å². The van der Waals surface area contributed by atoms with Gasteiger partial charge in [-0.1, -0.05) is 17.7 Å². The first-order valence-electron chi connectivity index (χ1n) is 8.16. The van der Waals surface area contributed by atoms with E-state index in [1.165, 1.54) is 10.5 Å². The number of halogens is 1. The first kappa shape index (κ1) is 19.5. The van der Waals surface area contributed by atoms with Crippen LogP contribution in [0, 0.1) is 6.92 Å². The zero-order valence-electron chi connectivity index (χ0n) is 15.0. The SMILES string of the molecule is COc1ccc([C@@H](CNC(=S)Nc2cccc(Cl)c2C)[NH+](C)C)cc1. The molecule has 0 aliphatic rings. The van der Waals surface area contributed by atoms with Gasteiger partial charge in [-0.05, 0) is 61.1 Å². The van der Waals surface area contributed by atoms with Crippen molar-refractivity contribution in [2.75, 3.05) is 33.1 Å². The van der Waals surface area contributed by atoms with E-state index in [0.717, 1.165) is 28.6 Å². The average Bonchev–Trinajstić information content (AvgIpc) is 2.59. The van der Waals surface area contributed by atoms with Gasteiger partial charge in [-0.2, -0.15) is 0 Å². The standard InChI is InChI=1S/C19H24ClN3OS/c1-13-16(20)6-5-7-17(13)22-19(25)21-12-18(23(2)3)14-8-10-15(24-4)11-9-14/h5-11,18H,12H2,1-4H3,(H2,21,22,25)/p+1/t18-/m1/s1. The fourth-order valence-electron chi connectivity index (χ4n) is 2.60. The van der Waals surface area contributed by atoms with Gasteiger partial charge in [-0.25, -0.2) is 0 Å². The Hall–Kier alpha value is -1.82. The first-order valence-corrected chi connectivity index (χ1v) is 8.95. The van der Waals surface area contributed by atoms with Crippen LogP contribution < -0.4 is 20.3 Å². The molecule has 2 aromatic rings. The topological polar surface area (TPSA) is 37.7 Å². The van der Waals surface area contributed by atoms with Crippen LogP contribution in [0.1, 0.15) is 17.2 Å². The summed E-state index contributed by atoms with van der Waals surface area (Å²) in [6.07, 6.45) is 0. The lowest BCUT2D eigenvalue weighted by Gasteiger charge is -2.23. The third-order valence-electron chi connectivity index (χ3n) is 4.20. The van der Waals surface area contributed by atoms with Crippen molar-refractivity contribution in [1.29, 1.82) is 0 Å². The van der Waals surface area contributed by atoms with Gasteiger partial charge in [-0.3, -0.25) is 0 Å². The summed E-state index contributed by atoms with van der Waals surface area (Å²) in [6.45, 7) is 2.69. The summed E-state index contributed by atoms with van der Waals surface area (Å²) in [5.74, 6) is 0.859. The molecule has 6 heteroatoms. The zero-order chi connectivity index (χ0) is 18.4. The van der Waals surface area contributed by atoms with Crippen molar-refractivity contribution in [3.63, 3.8) is 0 Å². The fourth-order valence-corrected chi connectivity index (χ4v) is 2.96. The van der Waals surface area contributed by atoms with Crippen LogP contribution in [0.15, 0.2) is 42.5 Å². The quantitative estimate of drug-likeness (QED) is 0.676. The molecule has 4 nitrogen and oxygen atoms in total. The molecule has 0 aliphatic heterocycles. The number of methoxy groups -OCH3 is 1. The van der Waals surface area contributed by atoms with Gasteiger partial charge in [0.25, 0.3) is 0 Å². The highest BCUT2D eigenvalue weighted by atomic mass is 35.5. The summed E-state index contributed by atoms with van der Waals surface area (Å²) in [5.41, 5.74) is 3.14. The lowest BCUT2D eigenvalue weighted by atomic mass is 10.1. The van der Waals surface area contributed by atoms with Crippen molar-refractivity contribution in [3.05, 3.63) is 58.6 Å². The van der Waals surface area contributed by atoms with E-state index in [-0.39, 0.29) is 6.04 Å². The lowest BCUT2D eigenvalue weighted by Crippen LogP contribution is -3.07. The van der Waals surface area contributed by atoms with Crippen LogP contribution in [0.5, 0.6) is 5.75 Å². The third-order valence-corrected chi connectivity index (χ3v) is 4.85. The zero-order valence-corrected chi connectivity index (χ0v) is 16.6. The van der Waals surface area contributed by atoms with Gasteiger partial charge in [-0.15, -0.1) is 0 Å². The number of ether oxygens (including phenoxy) is 1. The van der Waals surface area contributed by atoms with Crippen LogP contribution >= 0.6 is 23.8 Å². The number of thiocarbonyl (C=S) groups is 1. The number of benzene rings is 2. The molecule has 1 atom stereocenters. The molecule has 0 fully saturated rings. The molecule has 2 rings (SSSR count). The maximum atomic E-state index is 6.15. The van der Waals surface area contributed by atoms with Gasteiger partial charge >= 0.3 is 0 Å². The minimum Gasteiger partial charge on any atom is -0.497 e. The Labute approximate surface area is 160 Å². The summed E-state index contributed by atoms with van der Waals surface area (Å²) in [4.78, 5) is 1.32. The number of nitrogens with one attached hydrogen (secondary N) is 3. The van der Waals surface area contributed by atoms with E-state index in [1.54, 1.807) is 7.11 Å². The smallest absolute Gasteiger partial charge is 0.171 e.